The lowest BCUT2D eigenvalue weighted by molar-refractivity contribution is -0.146. The molecule has 0 fully saturated rings. The van der Waals surface area contributed by atoms with Gasteiger partial charge in [-0.25, -0.2) is 4.79 Å². The molecule has 0 aliphatic heterocycles. The zero-order valence-electron chi connectivity index (χ0n) is 15.0. The highest BCUT2D eigenvalue weighted by Gasteiger charge is 2.20. The third-order valence-corrected chi connectivity index (χ3v) is 4.57. The Morgan fingerprint density at radius 1 is 1.08 bits per heavy atom. The minimum Gasteiger partial charge on any atom is -0.460 e. The van der Waals surface area contributed by atoms with Crippen molar-refractivity contribution in [3.05, 3.63) is 81.7 Å². The number of esters is 1. The summed E-state index contributed by atoms with van der Waals surface area (Å²) in [6, 6.07) is 16.7. The van der Waals surface area contributed by atoms with Crippen LogP contribution in [0.2, 0.25) is 0 Å². The van der Waals surface area contributed by atoms with E-state index >= 15 is 0 Å². The Morgan fingerprint density at radius 2 is 1.85 bits per heavy atom. The fraction of sp³-hybridized carbons (Fsp3) is 0.273. The molecular weight excluding hydrogens is 328 g/mol. The highest BCUT2D eigenvalue weighted by molar-refractivity contribution is 5.82. The van der Waals surface area contributed by atoms with Gasteiger partial charge in [-0.2, -0.15) is 0 Å². The second-order valence-corrected chi connectivity index (χ2v) is 6.25. The molecule has 2 aromatic carbocycles. The molecule has 3 rings (SSSR count). The molecule has 134 valence electrons. The molecule has 3 aromatic rings. The number of hydrogen-bond donors (Lipinski definition) is 0. The summed E-state index contributed by atoms with van der Waals surface area (Å²) in [5.74, 6) is -0.598. The number of carbonyl (C=O) groups is 1. The summed E-state index contributed by atoms with van der Waals surface area (Å²) in [6.07, 6.45) is 1.51. The van der Waals surface area contributed by atoms with E-state index in [9.17, 15) is 9.59 Å². The first-order valence-electron chi connectivity index (χ1n) is 8.89. The average molecular weight is 350 g/mol. The van der Waals surface area contributed by atoms with Crippen LogP contribution in [0.5, 0.6) is 0 Å². The molecular formula is C22H22O4. The summed E-state index contributed by atoms with van der Waals surface area (Å²) in [5.41, 5.74) is 2.77. The van der Waals surface area contributed by atoms with Crippen molar-refractivity contribution >= 4 is 16.9 Å². The van der Waals surface area contributed by atoms with Crippen LogP contribution in [0.15, 0.2) is 63.8 Å². The minimum absolute atomic E-state index is 0.0513. The van der Waals surface area contributed by atoms with Gasteiger partial charge in [-0.3, -0.25) is 4.79 Å². The minimum atomic E-state index is -0.438. The molecule has 0 spiro atoms. The fourth-order valence-corrected chi connectivity index (χ4v) is 3.09. The number of rotatable bonds is 6. The Kier molecular flexibility index (Phi) is 5.52. The van der Waals surface area contributed by atoms with Crippen molar-refractivity contribution in [3.8, 4) is 0 Å². The second kappa shape index (κ2) is 8.00. The summed E-state index contributed by atoms with van der Waals surface area (Å²) in [7, 11) is 0. The van der Waals surface area contributed by atoms with E-state index in [1.807, 2.05) is 62.4 Å². The standard InChI is InChI=1S/C22H22O4/c1-3-15-10-11-19-17(13-21(23)26-20(19)12-15)14-25-22(24)18(4-2)16-8-6-5-7-9-16/h5-13,18H,3-4,14H2,1-2H3/t18-/m1/s1. The monoisotopic (exact) mass is 350 g/mol. The predicted molar refractivity (Wildman–Crippen MR) is 101 cm³/mol. The van der Waals surface area contributed by atoms with Gasteiger partial charge in [-0.05, 0) is 30.0 Å². The normalized spacial score (nSPS) is 12.1. The Labute approximate surface area is 152 Å². The molecule has 26 heavy (non-hydrogen) atoms. The van der Waals surface area contributed by atoms with Crippen LogP contribution in [0, 0.1) is 0 Å². The lowest BCUT2D eigenvalue weighted by Crippen LogP contribution is -2.16. The van der Waals surface area contributed by atoms with Gasteiger partial charge in [-0.1, -0.05) is 56.3 Å². The zero-order chi connectivity index (χ0) is 18.5. The van der Waals surface area contributed by atoms with Crippen LogP contribution in [0.25, 0.3) is 11.0 Å². The Bertz CT molecular complexity index is 957. The molecule has 0 bridgehead atoms. The van der Waals surface area contributed by atoms with Gasteiger partial charge in [-0.15, -0.1) is 0 Å². The lowest BCUT2D eigenvalue weighted by Gasteiger charge is -2.15. The molecule has 1 heterocycles. The first kappa shape index (κ1) is 17.9. The van der Waals surface area contributed by atoms with E-state index in [0.717, 1.165) is 22.9 Å². The SMILES string of the molecule is CCc1ccc2c(COC(=O)[C@H](CC)c3ccccc3)cc(=O)oc2c1. The third kappa shape index (κ3) is 3.85. The van der Waals surface area contributed by atoms with E-state index in [1.54, 1.807) is 0 Å². The molecule has 0 saturated carbocycles. The largest absolute Gasteiger partial charge is 0.460 e. The van der Waals surface area contributed by atoms with Crippen LogP contribution in [0.3, 0.4) is 0 Å². The Morgan fingerprint density at radius 3 is 2.54 bits per heavy atom. The number of hydrogen-bond acceptors (Lipinski definition) is 4. The van der Waals surface area contributed by atoms with E-state index in [4.69, 9.17) is 9.15 Å². The van der Waals surface area contributed by atoms with Crippen LogP contribution in [0.1, 0.15) is 42.9 Å². The van der Waals surface area contributed by atoms with Crippen molar-refractivity contribution in [2.24, 2.45) is 0 Å². The predicted octanol–water partition coefficient (Wildman–Crippen LogP) is 4.59. The van der Waals surface area contributed by atoms with Gasteiger partial charge >= 0.3 is 11.6 Å². The van der Waals surface area contributed by atoms with Crippen molar-refractivity contribution < 1.29 is 13.9 Å². The van der Waals surface area contributed by atoms with Crippen LogP contribution < -0.4 is 5.63 Å². The van der Waals surface area contributed by atoms with Crippen molar-refractivity contribution in [1.82, 2.24) is 0 Å². The molecule has 0 saturated heterocycles. The van der Waals surface area contributed by atoms with Gasteiger partial charge < -0.3 is 9.15 Å². The molecule has 1 aromatic heterocycles. The van der Waals surface area contributed by atoms with E-state index in [-0.39, 0.29) is 18.5 Å². The maximum absolute atomic E-state index is 12.5. The summed E-state index contributed by atoms with van der Waals surface area (Å²) >= 11 is 0. The van der Waals surface area contributed by atoms with Crippen molar-refractivity contribution in [3.63, 3.8) is 0 Å². The number of fused-ring (bicyclic) bond motifs is 1. The van der Waals surface area contributed by atoms with Crippen molar-refractivity contribution in [2.75, 3.05) is 0 Å². The van der Waals surface area contributed by atoms with E-state index < -0.39 is 5.63 Å². The maximum atomic E-state index is 12.5. The van der Waals surface area contributed by atoms with E-state index in [1.165, 1.54) is 6.07 Å². The lowest BCUT2D eigenvalue weighted by atomic mass is 9.97. The number of aryl methyl sites for hydroxylation is 1. The smallest absolute Gasteiger partial charge is 0.336 e. The fourth-order valence-electron chi connectivity index (χ4n) is 3.09. The van der Waals surface area contributed by atoms with Gasteiger partial charge in [0, 0.05) is 17.0 Å². The summed E-state index contributed by atoms with van der Waals surface area (Å²) in [6.45, 7) is 4.05. The zero-order valence-corrected chi connectivity index (χ0v) is 15.0. The topological polar surface area (TPSA) is 56.5 Å². The molecule has 0 unspecified atom stereocenters. The third-order valence-electron chi connectivity index (χ3n) is 4.57. The maximum Gasteiger partial charge on any atom is 0.336 e. The van der Waals surface area contributed by atoms with Crippen LogP contribution in [-0.2, 0) is 22.6 Å². The number of ether oxygens (including phenoxy) is 1. The first-order valence-corrected chi connectivity index (χ1v) is 8.89. The Balaban J connectivity index is 1.83. The first-order chi connectivity index (χ1) is 12.6. The molecule has 0 amide bonds. The van der Waals surface area contributed by atoms with Crippen molar-refractivity contribution in [1.29, 1.82) is 0 Å². The van der Waals surface area contributed by atoms with Gasteiger partial charge in [0.05, 0.1) is 5.92 Å². The second-order valence-electron chi connectivity index (χ2n) is 6.25. The summed E-state index contributed by atoms with van der Waals surface area (Å²) < 4.78 is 10.8. The van der Waals surface area contributed by atoms with Crippen LogP contribution in [0.4, 0.5) is 0 Å². The van der Waals surface area contributed by atoms with Gasteiger partial charge in [0.2, 0.25) is 0 Å². The van der Waals surface area contributed by atoms with Gasteiger partial charge in [0.25, 0.3) is 0 Å². The van der Waals surface area contributed by atoms with E-state index in [0.29, 0.717) is 17.6 Å². The molecule has 1 atom stereocenters. The van der Waals surface area contributed by atoms with Gasteiger partial charge in [0.15, 0.2) is 0 Å². The molecule has 0 N–H and O–H groups in total. The number of benzene rings is 2. The molecule has 4 nitrogen and oxygen atoms in total. The Hall–Kier alpha value is -2.88. The van der Waals surface area contributed by atoms with Crippen LogP contribution in [-0.4, -0.2) is 5.97 Å². The van der Waals surface area contributed by atoms with Crippen molar-refractivity contribution in [2.45, 2.75) is 39.2 Å². The van der Waals surface area contributed by atoms with E-state index in [2.05, 4.69) is 0 Å². The van der Waals surface area contributed by atoms with Gasteiger partial charge in [0.1, 0.15) is 12.2 Å². The molecule has 0 aliphatic rings. The van der Waals surface area contributed by atoms with Crippen LogP contribution >= 0.6 is 0 Å². The summed E-state index contributed by atoms with van der Waals surface area (Å²) in [5, 5.41) is 0.794. The average Bonchev–Trinajstić information content (AvgIpc) is 2.66. The summed E-state index contributed by atoms with van der Waals surface area (Å²) in [4.78, 5) is 24.4. The molecule has 0 radical (unpaired) electrons. The highest BCUT2D eigenvalue weighted by atomic mass is 16.5. The molecule has 4 heteroatoms. The number of carbonyl (C=O) groups excluding carboxylic acids is 1. The molecule has 0 aliphatic carbocycles. The highest BCUT2D eigenvalue weighted by Crippen LogP contribution is 2.23. The quantitative estimate of drug-likeness (QED) is 0.482.